The van der Waals surface area contributed by atoms with E-state index in [1.165, 1.54) is 12.1 Å². The minimum absolute atomic E-state index is 0.0721. The topological polar surface area (TPSA) is 128 Å². The molecule has 4 rings (SSSR count). The molecule has 0 amide bonds. The molecule has 3 N–H and O–H groups in total. The van der Waals surface area contributed by atoms with Crippen LogP contribution in [0.25, 0.3) is 17.0 Å². The molecule has 0 saturated carbocycles. The van der Waals surface area contributed by atoms with Crippen LogP contribution >= 0.6 is 0 Å². The van der Waals surface area contributed by atoms with E-state index in [-0.39, 0.29) is 4.90 Å². The van der Waals surface area contributed by atoms with Gasteiger partial charge in [0, 0.05) is 24.5 Å². The van der Waals surface area contributed by atoms with Gasteiger partial charge in [-0.05, 0) is 42.0 Å². The number of fused-ring (bicyclic) bond motifs is 1. The Balaban J connectivity index is 1.60. The zero-order valence-electron chi connectivity index (χ0n) is 14.0. The van der Waals surface area contributed by atoms with E-state index in [9.17, 15) is 8.42 Å². The fourth-order valence-corrected chi connectivity index (χ4v) is 3.17. The molecule has 1 aromatic carbocycles. The van der Waals surface area contributed by atoms with Crippen LogP contribution in [0.3, 0.4) is 0 Å². The molecule has 0 saturated heterocycles. The Morgan fingerprint density at radius 3 is 2.74 bits per heavy atom. The summed E-state index contributed by atoms with van der Waals surface area (Å²) in [6.07, 6.45) is 3.37. The number of nitrogens with two attached hydrogens (primary N) is 1. The fourth-order valence-electron chi connectivity index (χ4n) is 2.58. The van der Waals surface area contributed by atoms with Crippen molar-refractivity contribution in [1.82, 2.24) is 24.8 Å². The summed E-state index contributed by atoms with van der Waals surface area (Å²) in [5.41, 5.74) is 2.17. The van der Waals surface area contributed by atoms with E-state index in [2.05, 4.69) is 25.6 Å². The van der Waals surface area contributed by atoms with Crippen LogP contribution in [0.4, 0.5) is 5.82 Å². The van der Waals surface area contributed by atoms with Gasteiger partial charge in [-0.1, -0.05) is 12.1 Å². The van der Waals surface area contributed by atoms with Crippen molar-refractivity contribution in [1.29, 1.82) is 0 Å². The second-order valence-electron chi connectivity index (χ2n) is 5.80. The Bertz CT molecular complexity index is 1210. The quantitative estimate of drug-likeness (QED) is 0.535. The van der Waals surface area contributed by atoms with Crippen molar-refractivity contribution in [2.45, 2.75) is 11.4 Å². The number of benzene rings is 1. The second kappa shape index (κ2) is 6.74. The highest BCUT2D eigenvalue weighted by molar-refractivity contribution is 7.89. The highest BCUT2D eigenvalue weighted by Crippen LogP contribution is 2.17. The maximum atomic E-state index is 11.5. The van der Waals surface area contributed by atoms with Crippen LogP contribution in [0.15, 0.2) is 65.8 Å². The normalized spacial score (nSPS) is 11.6. The van der Waals surface area contributed by atoms with Crippen LogP contribution in [0.1, 0.15) is 5.56 Å². The van der Waals surface area contributed by atoms with Gasteiger partial charge in [0.1, 0.15) is 5.82 Å². The summed E-state index contributed by atoms with van der Waals surface area (Å²) in [6, 6.07) is 13.7. The van der Waals surface area contributed by atoms with Crippen LogP contribution in [0, 0.1) is 0 Å². The third-order valence-corrected chi connectivity index (χ3v) is 4.79. The van der Waals surface area contributed by atoms with Crippen LogP contribution in [0.5, 0.6) is 0 Å². The van der Waals surface area contributed by atoms with Crippen molar-refractivity contribution in [2.75, 3.05) is 5.32 Å². The molecule has 0 aliphatic heterocycles. The van der Waals surface area contributed by atoms with Gasteiger partial charge in [0.2, 0.25) is 10.0 Å². The van der Waals surface area contributed by atoms with Crippen molar-refractivity contribution < 1.29 is 8.42 Å². The van der Waals surface area contributed by atoms with E-state index < -0.39 is 10.0 Å². The summed E-state index contributed by atoms with van der Waals surface area (Å²) in [5, 5.41) is 21.1. The van der Waals surface area contributed by atoms with Crippen molar-refractivity contribution in [2.24, 2.45) is 5.14 Å². The van der Waals surface area contributed by atoms with Gasteiger partial charge < -0.3 is 5.32 Å². The molecule has 4 aromatic rings. The molecular formula is C17H15N7O2S. The molecule has 0 fully saturated rings. The molecule has 0 atom stereocenters. The smallest absolute Gasteiger partial charge is 0.238 e. The van der Waals surface area contributed by atoms with Gasteiger partial charge in [0.25, 0.3) is 0 Å². The number of rotatable bonds is 5. The second-order valence-corrected chi connectivity index (χ2v) is 7.36. The van der Waals surface area contributed by atoms with Gasteiger partial charge in [0.15, 0.2) is 11.5 Å². The molecule has 3 heterocycles. The highest BCUT2D eigenvalue weighted by atomic mass is 32.2. The maximum Gasteiger partial charge on any atom is 0.238 e. The van der Waals surface area contributed by atoms with Gasteiger partial charge in [-0.3, -0.25) is 4.98 Å². The summed E-state index contributed by atoms with van der Waals surface area (Å²) in [7, 11) is -3.74. The first kappa shape index (κ1) is 17.1. The first-order valence-corrected chi connectivity index (χ1v) is 9.54. The Labute approximate surface area is 154 Å². The molecule has 0 bridgehead atoms. The average molecular weight is 381 g/mol. The largest absolute Gasteiger partial charge is 0.365 e. The minimum Gasteiger partial charge on any atom is -0.365 e. The van der Waals surface area contributed by atoms with Gasteiger partial charge >= 0.3 is 0 Å². The first-order valence-electron chi connectivity index (χ1n) is 7.99. The highest BCUT2D eigenvalue weighted by Gasteiger charge is 2.11. The zero-order valence-corrected chi connectivity index (χ0v) is 14.8. The van der Waals surface area contributed by atoms with E-state index in [0.29, 0.717) is 23.8 Å². The number of hydrogen-bond donors (Lipinski definition) is 2. The van der Waals surface area contributed by atoms with Crippen molar-refractivity contribution in [3.05, 3.63) is 66.5 Å². The number of sulfonamides is 1. The molecule has 0 radical (unpaired) electrons. The maximum absolute atomic E-state index is 11.5. The SMILES string of the molecule is NS(=O)(=O)c1cccc(CNc2ccc3nnc(-c4cccnc4)n3n2)c1. The average Bonchev–Trinajstić information content (AvgIpc) is 3.10. The van der Waals surface area contributed by atoms with Gasteiger partial charge in [-0.25, -0.2) is 13.6 Å². The molecule has 27 heavy (non-hydrogen) atoms. The standard InChI is InChI=1S/C17H15N7O2S/c18-27(25,26)14-5-1-3-12(9-14)10-20-15-6-7-16-21-22-17(24(16)23-15)13-4-2-8-19-11-13/h1-9,11H,10H2,(H,20,23)(H2,18,25,26). The Morgan fingerprint density at radius 1 is 1.07 bits per heavy atom. The van der Waals surface area contributed by atoms with E-state index >= 15 is 0 Å². The number of hydrogen-bond acceptors (Lipinski definition) is 7. The van der Waals surface area contributed by atoms with Crippen molar-refractivity contribution >= 4 is 21.5 Å². The third-order valence-electron chi connectivity index (χ3n) is 3.88. The lowest BCUT2D eigenvalue weighted by molar-refractivity contribution is 0.597. The summed E-state index contributed by atoms with van der Waals surface area (Å²) in [4.78, 5) is 4.16. The van der Waals surface area contributed by atoms with Crippen LogP contribution in [-0.4, -0.2) is 33.2 Å². The molecule has 3 aromatic heterocycles. The summed E-state index contributed by atoms with van der Waals surface area (Å²) >= 11 is 0. The van der Waals surface area contributed by atoms with Gasteiger partial charge in [-0.2, -0.15) is 4.52 Å². The van der Waals surface area contributed by atoms with E-state index in [4.69, 9.17) is 5.14 Å². The molecular weight excluding hydrogens is 366 g/mol. The number of pyridine rings is 1. The molecule has 0 aliphatic carbocycles. The first-order chi connectivity index (χ1) is 13.0. The van der Waals surface area contributed by atoms with Gasteiger partial charge in [0.05, 0.1) is 4.90 Å². The van der Waals surface area contributed by atoms with Gasteiger partial charge in [-0.15, -0.1) is 15.3 Å². The molecule has 136 valence electrons. The van der Waals surface area contributed by atoms with Crippen molar-refractivity contribution in [3.63, 3.8) is 0 Å². The van der Waals surface area contributed by atoms with Crippen LogP contribution < -0.4 is 10.5 Å². The summed E-state index contributed by atoms with van der Waals surface area (Å²) < 4.78 is 24.6. The predicted molar refractivity (Wildman–Crippen MR) is 99.2 cm³/mol. The van der Waals surface area contributed by atoms with Crippen LogP contribution in [0.2, 0.25) is 0 Å². The van der Waals surface area contributed by atoms with Crippen molar-refractivity contribution in [3.8, 4) is 11.4 Å². The third kappa shape index (κ3) is 3.61. The number of anilines is 1. The zero-order chi connectivity index (χ0) is 18.9. The number of aromatic nitrogens is 5. The number of nitrogens with zero attached hydrogens (tertiary/aromatic N) is 5. The molecule has 0 unspecified atom stereocenters. The number of primary sulfonamides is 1. The lowest BCUT2D eigenvalue weighted by Crippen LogP contribution is -2.12. The Morgan fingerprint density at radius 2 is 1.96 bits per heavy atom. The molecule has 9 nitrogen and oxygen atoms in total. The van der Waals surface area contributed by atoms with E-state index in [0.717, 1.165) is 11.1 Å². The Hall–Kier alpha value is -3.37. The molecule has 0 aliphatic rings. The lowest BCUT2D eigenvalue weighted by Gasteiger charge is -2.07. The summed E-state index contributed by atoms with van der Waals surface area (Å²) in [5.74, 6) is 1.17. The predicted octanol–water partition coefficient (Wildman–Crippen LogP) is 1.45. The van der Waals surface area contributed by atoms with E-state index in [1.54, 1.807) is 41.2 Å². The number of nitrogens with one attached hydrogen (secondary N) is 1. The fraction of sp³-hybridized carbons (Fsp3) is 0.0588. The Kier molecular flexibility index (Phi) is 4.26. The summed E-state index contributed by atoms with van der Waals surface area (Å²) in [6.45, 7) is 0.381. The van der Waals surface area contributed by atoms with Crippen LogP contribution in [-0.2, 0) is 16.6 Å². The van der Waals surface area contributed by atoms with E-state index in [1.807, 2.05) is 12.1 Å². The minimum atomic E-state index is -3.74. The lowest BCUT2D eigenvalue weighted by atomic mass is 10.2. The monoisotopic (exact) mass is 381 g/mol. The molecule has 10 heteroatoms. The molecule has 0 spiro atoms.